The van der Waals surface area contributed by atoms with E-state index < -0.39 is 0 Å². The standard InChI is InChI=1S/C13H18ClN3S2/c14-10-2-1-3-11(12(10)13(15)18)16-4-5-17-6-8-19-9-7-17/h1-3,16H,4-9H2,(H2,15,18). The van der Waals surface area contributed by atoms with Crippen molar-refractivity contribution in [1.82, 2.24) is 4.90 Å². The van der Waals surface area contributed by atoms with Crippen LogP contribution in [0.4, 0.5) is 5.69 Å². The number of halogens is 1. The topological polar surface area (TPSA) is 41.3 Å². The first kappa shape index (κ1) is 14.9. The second kappa shape index (κ2) is 7.33. The molecule has 1 saturated heterocycles. The second-order valence-electron chi connectivity index (χ2n) is 4.41. The quantitative estimate of drug-likeness (QED) is 0.817. The molecule has 0 amide bonds. The van der Waals surface area contributed by atoms with Crippen molar-refractivity contribution in [2.45, 2.75) is 0 Å². The lowest BCUT2D eigenvalue weighted by atomic mass is 10.1. The first-order chi connectivity index (χ1) is 9.18. The monoisotopic (exact) mass is 315 g/mol. The van der Waals surface area contributed by atoms with Gasteiger partial charge in [-0.3, -0.25) is 4.90 Å². The van der Waals surface area contributed by atoms with E-state index in [1.165, 1.54) is 24.6 Å². The lowest BCUT2D eigenvalue weighted by molar-refractivity contribution is 0.314. The van der Waals surface area contributed by atoms with E-state index in [2.05, 4.69) is 10.2 Å². The fraction of sp³-hybridized carbons (Fsp3) is 0.462. The first-order valence-electron chi connectivity index (χ1n) is 6.31. The Labute approximate surface area is 128 Å². The summed E-state index contributed by atoms with van der Waals surface area (Å²) in [6, 6.07) is 5.68. The van der Waals surface area contributed by atoms with Crippen molar-refractivity contribution < 1.29 is 0 Å². The highest BCUT2D eigenvalue weighted by atomic mass is 35.5. The number of hydrogen-bond acceptors (Lipinski definition) is 4. The van der Waals surface area contributed by atoms with Gasteiger partial charge >= 0.3 is 0 Å². The van der Waals surface area contributed by atoms with Crippen LogP contribution in [0.1, 0.15) is 5.56 Å². The minimum Gasteiger partial charge on any atom is -0.389 e. The highest BCUT2D eigenvalue weighted by Crippen LogP contribution is 2.24. The maximum atomic E-state index is 6.13. The number of rotatable bonds is 5. The molecule has 1 aromatic carbocycles. The van der Waals surface area contributed by atoms with Crippen LogP contribution in [-0.4, -0.2) is 47.6 Å². The third-order valence-corrected chi connectivity index (χ3v) is 4.57. The minimum atomic E-state index is 0.336. The molecule has 2 rings (SSSR count). The van der Waals surface area contributed by atoms with Gasteiger partial charge in [0.25, 0.3) is 0 Å². The van der Waals surface area contributed by atoms with Crippen molar-refractivity contribution in [2.24, 2.45) is 5.73 Å². The van der Waals surface area contributed by atoms with Crippen molar-refractivity contribution >= 4 is 46.3 Å². The second-order valence-corrected chi connectivity index (χ2v) is 6.48. The van der Waals surface area contributed by atoms with E-state index in [9.17, 15) is 0 Å². The molecule has 1 heterocycles. The van der Waals surface area contributed by atoms with Crippen molar-refractivity contribution in [3.8, 4) is 0 Å². The number of nitrogens with zero attached hydrogens (tertiary/aromatic N) is 1. The number of nitrogens with two attached hydrogens (primary N) is 1. The fourth-order valence-corrected chi connectivity index (χ4v) is 3.63. The molecule has 0 aromatic heterocycles. The lowest BCUT2D eigenvalue weighted by Gasteiger charge is -2.26. The first-order valence-corrected chi connectivity index (χ1v) is 8.25. The maximum Gasteiger partial charge on any atom is 0.107 e. The summed E-state index contributed by atoms with van der Waals surface area (Å²) in [5.41, 5.74) is 7.39. The molecule has 0 spiro atoms. The predicted octanol–water partition coefficient (Wildman–Crippen LogP) is 2.43. The van der Waals surface area contributed by atoms with Gasteiger partial charge in [0.1, 0.15) is 4.99 Å². The van der Waals surface area contributed by atoms with Gasteiger partial charge in [-0.15, -0.1) is 0 Å². The van der Waals surface area contributed by atoms with Gasteiger partial charge in [0.15, 0.2) is 0 Å². The largest absolute Gasteiger partial charge is 0.389 e. The molecular formula is C13H18ClN3S2. The van der Waals surface area contributed by atoms with Crippen LogP contribution in [0.5, 0.6) is 0 Å². The summed E-state index contributed by atoms with van der Waals surface area (Å²) < 4.78 is 0. The van der Waals surface area contributed by atoms with Gasteiger partial charge in [-0.1, -0.05) is 29.9 Å². The third kappa shape index (κ3) is 4.24. The molecule has 1 aliphatic rings. The number of anilines is 1. The van der Waals surface area contributed by atoms with Crippen LogP contribution in [-0.2, 0) is 0 Å². The molecular weight excluding hydrogens is 298 g/mol. The van der Waals surface area contributed by atoms with Gasteiger partial charge in [-0.25, -0.2) is 0 Å². The molecule has 1 fully saturated rings. The van der Waals surface area contributed by atoms with Crippen LogP contribution in [0, 0.1) is 0 Å². The number of benzene rings is 1. The fourth-order valence-electron chi connectivity index (χ4n) is 2.10. The summed E-state index contributed by atoms with van der Waals surface area (Å²) in [5, 5.41) is 3.99. The molecule has 19 heavy (non-hydrogen) atoms. The van der Waals surface area contributed by atoms with Crippen molar-refractivity contribution in [3.05, 3.63) is 28.8 Å². The van der Waals surface area contributed by atoms with Gasteiger partial charge in [0.05, 0.1) is 10.6 Å². The molecule has 0 atom stereocenters. The summed E-state index contributed by atoms with van der Waals surface area (Å²) in [7, 11) is 0. The van der Waals surface area contributed by atoms with Gasteiger partial charge in [-0.2, -0.15) is 11.8 Å². The average Bonchev–Trinajstić information content (AvgIpc) is 2.39. The van der Waals surface area contributed by atoms with Gasteiger partial charge < -0.3 is 11.1 Å². The molecule has 0 unspecified atom stereocenters. The highest BCUT2D eigenvalue weighted by molar-refractivity contribution is 7.99. The van der Waals surface area contributed by atoms with E-state index in [4.69, 9.17) is 29.6 Å². The Kier molecular flexibility index (Phi) is 5.76. The van der Waals surface area contributed by atoms with Crippen LogP contribution < -0.4 is 11.1 Å². The Morgan fingerprint density at radius 3 is 2.84 bits per heavy atom. The van der Waals surface area contributed by atoms with Crippen molar-refractivity contribution in [1.29, 1.82) is 0 Å². The minimum absolute atomic E-state index is 0.336. The number of hydrogen-bond donors (Lipinski definition) is 2. The number of nitrogens with one attached hydrogen (secondary N) is 1. The van der Waals surface area contributed by atoms with E-state index in [1.807, 2.05) is 30.0 Å². The molecule has 0 bridgehead atoms. The SMILES string of the molecule is NC(=S)c1c(Cl)cccc1NCCN1CCSCC1. The smallest absolute Gasteiger partial charge is 0.107 e. The molecule has 0 saturated carbocycles. The molecule has 3 N–H and O–H groups in total. The summed E-state index contributed by atoms with van der Waals surface area (Å²) >= 11 is 13.2. The van der Waals surface area contributed by atoms with Crippen molar-refractivity contribution in [2.75, 3.05) is 43.0 Å². The van der Waals surface area contributed by atoms with Gasteiger partial charge in [0.2, 0.25) is 0 Å². The Morgan fingerprint density at radius 1 is 1.42 bits per heavy atom. The molecule has 1 aliphatic heterocycles. The highest BCUT2D eigenvalue weighted by Gasteiger charge is 2.11. The van der Waals surface area contributed by atoms with E-state index in [0.717, 1.165) is 24.3 Å². The van der Waals surface area contributed by atoms with Gasteiger partial charge in [0, 0.05) is 43.4 Å². The summed E-state index contributed by atoms with van der Waals surface area (Å²) in [5.74, 6) is 2.46. The molecule has 0 aliphatic carbocycles. The molecule has 0 radical (unpaired) electrons. The Bertz CT molecular complexity index is 448. The maximum absolute atomic E-state index is 6.13. The molecule has 3 nitrogen and oxygen atoms in total. The van der Waals surface area contributed by atoms with Crippen LogP contribution in [0.15, 0.2) is 18.2 Å². The lowest BCUT2D eigenvalue weighted by Crippen LogP contribution is -2.36. The normalized spacial score (nSPS) is 16.3. The predicted molar refractivity (Wildman–Crippen MR) is 89.6 cm³/mol. The van der Waals surface area contributed by atoms with Crippen molar-refractivity contribution in [3.63, 3.8) is 0 Å². The van der Waals surface area contributed by atoms with Crippen LogP contribution in [0.3, 0.4) is 0 Å². The van der Waals surface area contributed by atoms with E-state index in [-0.39, 0.29) is 0 Å². The average molecular weight is 316 g/mol. The zero-order valence-electron chi connectivity index (χ0n) is 10.7. The zero-order valence-corrected chi connectivity index (χ0v) is 13.1. The van der Waals surface area contributed by atoms with E-state index in [0.29, 0.717) is 10.0 Å². The Morgan fingerprint density at radius 2 is 2.16 bits per heavy atom. The molecule has 1 aromatic rings. The van der Waals surface area contributed by atoms with E-state index >= 15 is 0 Å². The summed E-state index contributed by atoms with van der Waals surface area (Å²) in [4.78, 5) is 2.80. The summed E-state index contributed by atoms with van der Waals surface area (Å²) in [6.45, 7) is 4.25. The van der Waals surface area contributed by atoms with Crippen LogP contribution in [0.2, 0.25) is 5.02 Å². The third-order valence-electron chi connectivity index (χ3n) is 3.11. The number of thioether (sulfide) groups is 1. The Hall–Kier alpha value is -0.490. The van der Waals surface area contributed by atoms with Crippen LogP contribution in [0.25, 0.3) is 0 Å². The molecule has 6 heteroatoms. The van der Waals surface area contributed by atoms with Crippen LogP contribution >= 0.6 is 35.6 Å². The van der Waals surface area contributed by atoms with E-state index in [1.54, 1.807) is 0 Å². The summed E-state index contributed by atoms with van der Waals surface area (Å²) in [6.07, 6.45) is 0. The molecule has 104 valence electrons. The zero-order chi connectivity index (χ0) is 13.7. The Balaban J connectivity index is 1.92. The number of thiocarbonyl (C=S) groups is 1. The van der Waals surface area contributed by atoms with Gasteiger partial charge in [-0.05, 0) is 12.1 Å².